The lowest BCUT2D eigenvalue weighted by Gasteiger charge is -2.28. The summed E-state index contributed by atoms with van der Waals surface area (Å²) < 4.78 is 5.20. The third-order valence-electron chi connectivity index (χ3n) is 4.23. The van der Waals surface area contributed by atoms with Gasteiger partial charge in [0.1, 0.15) is 18.7 Å². The van der Waals surface area contributed by atoms with Gasteiger partial charge in [0.2, 0.25) is 17.7 Å². The number of carbonyl (C=O) groups is 4. The van der Waals surface area contributed by atoms with E-state index < -0.39 is 36.0 Å². The fraction of sp³-hybridized carbons (Fsp3) is 0.524. The molecule has 4 amide bonds. The highest BCUT2D eigenvalue weighted by Gasteiger charge is 2.35. The molecule has 0 saturated heterocycles. The van der Waals surface area contributed by atoms with Crippen LogP contribution in [0, 0.1) is 5.92 Å². The molecule has 0 aliphatic heterocycles. The SMILES string of the molecule is CC(C)CNC(=O)[C@H](C)NC(=O)[C@H](C)N(C(=O)OCc1ccccc1)C(=O)[C@H](C)N. The Balaban J connectivity index is 2.82. The molecule has 0 heterocycles. The maximum atomic E-state index is 12.6. The van der Waals surface area contributed by atoms with Crippen LogP contribution in [0.15, 0.2) is 30.3 Å². The minimum atomic E-state index is -1.22. The monoisotopic (exact) mass is 420 g/mol. The van der Waals surface area contributed by atoms with Crippen LogP contribution in [0.2, 0.25) is 0 Å². The number of nitrogens with zero attached hydrogens (tertiary/aromatic N) is 1. The third kappa shape index (κ3) is 7.82. The quantitative estimate of drug-likeness (QED) is 0.550. The molecule has 0 unspecified atom stereocenters. The van der Waals surface area contributed by atoms with Crippen LogP contribution in [0.1, 0.15) is 40.2 Å². The van der Waals surface area contributed by atoms with Gasteiger partial charge in [0.25, 0.3) is 0 Å². The zero-order chi connectivity index (χ0) is 22.8. The first-order valence-electron chi connectivity index (χ1n) is 9.92. The summed E-state index contributed by atoms with van der Waals surface area (Å²) in [6.07, 6.45) is -0.985. The van der Waals surface area contributed by atoms with Gasteiger partial charge in [-0.1, -0.05) is 44.2 Å². The van der Waals surface area contributed by atoms with E-state index in [9.17, 15) is 19.2 Å². The molecule has 9 heteroatoms. The van der Waals surface area contributed by atoms with Gasteiger partial charge in [-0.25, -0.2) is 9.69 Å². The van der Waals surface area contributed by atoms with Gasteiger partial charge in [0.15, 0.2) is 0 Å². The third-order valence-corrected chi connectivity index (χ3v) is 4.23. The van der Waals surface area contributed by atoms with Crippen LogP contribution in [0.3, 0.4) is 0 Å². The lowest BCUT2D eigenvalue weighted by molar-refractivity contribution is -0.139. The van der Waals surface area contributed by atoms with E-state index in [0.717, 1.165) is 5.56 Å². The minimum absolute atomic E-state index is 0.0647. The van der Waals surface area contributed by atoms with Crippen LogP contribution in [0.4, 0.5) is 4.79 Å². The second kappa shape index (κ2) is 11.9. The second-order valence-corrected chi connectivity index (χ2v) is 7.58. The van der Waals surface area contributed by atoms with Crippen molar-refractivity contribution in [2.24, 2.45) is 11.7 Å². The van der Waals surface area contributed by atoms with Crippen LogP contribution < -0.4 is 16.4 Å². The normalized spacial score (nSPS) is 13.7. The van der Waals surface area contributed by atoms with Gasteiger partial charge >= 0.3 is 6.09 Å². The Morgan fingerprint density at radius 2 is 1.60 bits per heavy atom. The van der Waals surface area contributed by atoms with Crippen molar-refractivity contribution in [3.8, 4) is 0 Å². The first-order chi connectivity index (χ1) is 14.0. The molecule has 0 spiro atoms. The van der Waals surface area contributed by atoms with Gasteiger partial charge in [-0.3, -0.25) is 14.4 Å². The second-order valence-electron chi connectivity index (χ2n) is 7.58. The van der Waals surface area contributed by atoms with Crippen molar-refractivity contribution in [3.05, 3.63) is 35.9 Å². The van der Waals surface area contributed by atoms with Crippen molar-refractivity contribution in [1.82, 2.24) is 15.5 Å². The first kappa shape index (κ1) is 25.1. The highest BCUT2D eigenvalue weighted by Crippen LogP contribution is 2.09. The van der Waals surface area contributed by atoms with Crippen molar-refractivity contribution < 1.29 is 23.9 Å². The van der Waals surface area contributed by atoms with Crippen molar-refractivity contribution in [2.75, 3.05) is 6.54 Å². The standard InChI is InChI=1S/C21H32N4O5/c1-13(2)11-23-18(26)15(4)24-19(27)16(5)25(20(28)14(3)22)21(29)30-12-17-9-7-6-8-10-17/h6-10,13-16H,11-12,22H2,1-5H3,(H,23,26)(H,24,27)/t14-,15-,16-/m0/s1. The topological polar surface area (TPSA) is 131 Å². The summed E-state index contributed by atoms with van der Waals surface area (Å²) in [7, 11) is 0. The molecule has 9 nitrogen and oxygen atoms in total. The molecule has 166 valence electrons. The zero-order valence-electron chi connectivity index (χ0n) is 18.2. The van der Waals surface area contributed by atoms with Crippen molar-refractivity contribution in [2.45, 2.75) is 59.4 Å². The molecule has 0 aromatic heterocycles. The smallest absolute Gasteiger partial charge is 0.417 e. The molecule has 0 saturated carbocycles. The number of carbonyl (C=O) groups excluding carboxylic acids is 4. The van der Waals surface area contributed by atoms with E-state index in [-0.39, 0.29) is 18.4 Å². The lowest BCUT2D eigenvalue weighted by atomic mass is 10.2. The molecule has 1 aromatic rings. The molecule has 30 heavy (non-hydrogen) atoms. The number of ether oxygens (including phenoxy) is 1. The van der Waals surface area contributed by atoms with E-state index in [1.165, 1.54) is 20.8 Å². The van der Waals surface area contributed by atoms with E-state index in [0.29, 0.717) is 11.4 Å². The van der Waals surface area contributed by atoms with Gasteiger partial charge in [-0.05, 0) is 32.3 Å². The van der Waals surface area contributed by atoms with Crippen LogP contribution in [0.25, 0.3) is 0 Å². The number of amides is 4. The highest BCUT2D eigenvalue weighted by molar-refractivity contribution is 6.00. The largest absolute Gasteiger partial charge is 0.444 e. The number of nitrogens with two attached hydrogens (primary N) is 1. The Bertz CT molecular complexity index is 736. The molecule has 0 aliphatic rings. The van der Waals surface area contributed by atoms with Gasteiger partial charge in [-0.15, -0.1) is 0 Å². The van der Waals surface area contributed by atoms with Crippen LogP contribution in [-0.4, -0.2) is 53.4 Å². The fourth-order valence-corrected chi connectivity index (χ4v) is 2.42. The van der Waals surface area contributed by atoms with Gasteiger partial charge in [-0.2, -0.15) is 0 Å². The number of rotatable bonds is 9. The highest BCUT2D eigenvalue weighted by atomic mass is 16.6. The van der Waals surface area contributed by atoms with Crippen LogP contribution >= 0.6 is 0 Å². The number of benzene rings is 1. The molecular weight excluding hydrogens is 388 g/mol. The molecule has 0 fully saturated rings. The first-order valence-corrected chi connectivity index (χ1v) is 9.92. The molecular formula is C21H32N4O5. The van der Waals surface area contributed by atoms with Crippen molar-refractivity contribution in [3.63, 3.8) is 0 Å². The molecule has 1 aromatic carbocycles. The summed E-state index contributed by atoms with van der Waals surface area (Å²) in [5.41, 5.74) is 6.37. The summed E-state index contributed by atoms with van der Waals surface area (Å²) >= 11 is 0. The lowest BCUT2D eigenvalue weighted by Crippen LogP contribution is -2.57. The maximum absolute atomic E-state index is 12.6. The number of nitrogens with one attached hydrogen (secondary N) is 2. The average Bonchev–Trinajstić information content (AvgIpc) is 2.70. The minimum Gasteiger partial charge on any atom is -0.444 e. The van der Waals surface area contributed by atoms with E-state index >= 15 is 0 Å². The molecule has 4 N–H and O–H groups in total. The molecule has 3 atom stereocenters. The summed E-state index contributed by atoms with van der Waals surface area (Å²) in [5.74, 6) is -1.53. The molecule has 0 aliphatic carbocycles. The Morgan fingerprint density at radius 1 is 1.00 bits per heavy atom. The van der Waals surface area contributed by atoms with Crippen LogP contribution in [-0.2, 0) is 25.7 Å². The molecule has 1 rings (SSSR count). The Labute approximate surface area is 177 Å². The van der Waals surface area contributed by atoms with E-state index in [1.807, 2.05) is 19.9 Å². The summed E-state index contributed by atoms with van der Waals surface area (Å²) in [6, 6.07) is 5.85. The number of hydrogen-bond acceptors (Lipinski definition) is 6. The predicted molar refractivity (Wildman–Crippen MR) is 112 cm³/mol. The van der Waals surface area contributed by atoms with E-state index in [4.69, 9.17) is 10.5 Å². The number of hydrogen-bond donors (Lipinski definition) is 3. The van der Waals surface area contributed by atoms with E-state index in [2.05, 4.69) is 10.6 Å². The maximum Gasteiger partial charge on any atom is 0.417 e. The Kier molecular flexibility index (Phi) is 9.97. The summed E-state index contributed by atoms with van der Waals surface area (Å²) in [4.78, 5) is 50.4. The van der Waals surface area contributed by atoms with Crippen molar-refractivity contribution in [1.29, 1.82) is 0 Å². The van der Waals surface area contributed by atoms with Gasteiger partial charge < -0.3 is 21.1 Å². The summed E-state index contributed by atoms with van der Waals surface area (Å²) in [5, 5.41) is 5.22. The zero-order valence-corrected chi connectivity index (χ0v) is 18.2. The molecule has 0 radical (unpaired) electrons. The predicted octanol–water partition coefficient (Wildman–Crippen LogP) is 1.16. The summed E-state index contributed by atoms with van der Waals surface area (Å²) in [6.45, 7) is 8.60. The van der Waals surface area contributed by atoms with Gasteiger partial charge in [0, 0.05) is 6.54 Å². The Morgan fingerprint density at radius 3 is 2.13 bits per heavy atom. The Hall–Kier alpha value is -2.94. The number of imide groups is 1. The fourth-order valence-electron chi connectivity index (χ4n) is 2.42. The van der Waals surface area contributed by atoms with Gasteiger partial charge in [0.05, 0.1) is 6.04 Å². The molecule has 0 bridgehead atoms. The average molecular weight is 421 g/mol. The van der Waals surface area contributed by atoms with E-state index in [1.54, 1.807) is 24.3 Å². The van der Waals surface area contributed by atoms with Crippen LogP contribution in [0.5, 0.6) is 0 Å². The van der Waals surface area contributed by atoms with Crippen molar-refractivity contribution >= 4 is 23.8 Å².